The Labute approximate surface area is 96.9 Å². The Morgan fingerprint density at radius 2 is 1.75 bits per heavy atom. The fourth-order valence-corrected chi connectivity index (χ4v) is 1.26. The highest BCUT2D eigenvalue weighted by Crippen LogP contribution is 2.13. The molecule has 0 aliphatic rings. The molecule has 0 fully saturated rings. The van der Waals surface area contributed by atoms with Crippen LogP contribution in [0.5, 0.6) is 0 Å². The molecule has 86 valence electrons. The van der Waals surface area contributed by atoms with Crippen LogP contribution in [0.3, 0.4) is 0 Å². The fraction of sp³-hybridized carbons (Fsp3) is 0.357. The van der Waals surface area contributed by atoms with Crippen molar-refractivity contribution in [1.82, 2.24) is 0 Å². The Morgan fingerprint density at radius 3 is 2.19 bits per heavy atom. The maximum absolute atomic E-state index is 11.7. The number of hydrogen-bond donors (Lipinski definition) is 0. The minimum absolute atomic E-state index is 0.278. The molecule has 0 saturated carbocycles. The first kappa shape index (κ1) is 12.5. The van der Waals surface area contributed by atoms with Gasteiger partial charge in [0.05, 0.1) is 5.56 Å². The van der Waals surface area contributed by atoms with Crippen LogP contribution in [-0.4, -0.2) is 11.6 Å². The predicted octanol–water partition coefficient (Wildman–Crippen LogP) is 3.68. The Balaban J connectivity index is 2.78. The summed E-state index contributed by atoms with van der Waals surface area (Å²) in [6, 6.07) is 7.37. The second kappa shape index (κ2) is 4.97. The molecule has 0 unspecified atom stereocenters. The van der Waals surface area contributed by atoms with Gasteiger partial charge in [0.25, 0.3) is 0 Å². The summed E-state index contributed by atoms with van der Waals surface area (Å²) in [6.07, 6.45) is 3.95. The molecule has 0 aliphatic heterocycles. The standard InChI is InChI=1S/C14H18O2/c1-5-6-11-7-9-12(10-8-11)13(15)16-14(2,3)4/h5-10H,1-4H3/b6-5+. The van der Waals surface area contributed by atoms with Crippen LogP contribution in [0.2, 0.25) is 0 Å². The van der Waals surface area contributed by atoms with Gasteiger partial charge in [-0.2, -0.15) is 0 Å². The molecular weight excluding hydrogens is 200 g/mol. The monoisotopic (exact) mass is 218 g/mol. The molecule has 0 spiro atoms. The first-order chi connectivity index (χ1) is 7.42. The molecule has 0 atom stereocenters. The van der Waals surface area contributed by atoms with Crippen molar-refractivity contribution in [2.45, 2.75) is 33.3 Å². The van der Waals surface area contributed by atoms with Crippen molar-refractivity contribution in [1.29, 1.82) is 0 Å². The molecule has 1 rings (SSSR count). The van der Waals surface area contributed by atoms with Crippen molar-refractivity contribution >= 4 is 12.0 Å². The van der Waals surface area contributed by atoms with Crippen LogP contribution in [0.1, 0.15) is 43.6 Å². The van der Waals surface area contributed by atoms with Crippen LogP contribution < -0.4 is 0 Å². The van der Waals surface area contributed by atoms with Crippen molar-refractivity contribution < 1.29 is 9.53 Å². The summed E-state index contributed by atoms with van der Waals surface area (Å²) < 4.78 is 5.27. The second-order valence-electron chi connectivity index (χ2n) is 4.62. The molecule has 0 saturated heterocycles. The molecule has 0 N–H and O–H groups in total. The Kier molecular flexibility index (Phi) is 3.88. The van der Waals surface area contributed by atoms with Crippen molar-refractivity contribution in [2.75, 3.05) is 0 Å². The van der Waals surface area contributed by atoms with E-state index in [4.69, 9.17) is 4.74 Å². The normalized spacial score (nSPS) is 11.8. The van der Waals surface area contributed by atoms with E-state index in [2.05, 4.69) is 0 Å². The zero-order chi connectivity index (χ0) is 12.2. The van der Waals surface area contributed by atoms with Gasteiger partial charge in [-0.3, -0.25) is 0 Å². The molecule has 0 aliphatic carbocycles. The lowest BCUT2D eigenvalue weighted by molar-refractivity contribution is 0.00696. The van der Waals surface area contributed by atoms with E-state index in [1.807, 2.05) is 52.0 Å². The number of allylic oxidation sites excluding steroid dienone is 1. The first-order valence-electron chi connectivity index (χ1n) is 5.38. The van der Waals surface area contributed by atoms with Crippen LogP contribution in [0.15, 0.2) is 30.3 Å². The molecular formula is C14H18O2. The van der Waals surface area contributed by atoms with Gasteiger partial charge in [0, 0.05) is 0 Å². The molecule has 0 radical (unpaired) electrons. The lowest BCUT2D eigenvalue weighted by atomic mass is 10.1. The van der Waals surface area contributed by atoms with Crippen molar-refractivity contribution in [2.24, 2.45) is 0 Å². The highest BCUT2D eigenvalue weighted by atomic mass is 16.6. The van der Waals surface area contributed by atoms with Gasteiger partial charge >= 0.3 is 5.97 Å². The van der Waals surface area contributed by atoms with E-state index < -0.39 is 5.60 Å². The summed E-state index contributed by atoms with van der Waals surface area (Å²) in [5.74, 6) is -0.278. The highest BCUT2D eigenvalue weighted by Gasteiger charge is 2.17. The van der Waals surface area contributed by atoms with Gasteiger partial charge in [0.2, 0.25) is 0 Å². The number of rotatable bonds is 2. The van der Waals surface area contributed by atoms with Gasteiger partial charge in [0.15, 0.2) is 0 Å². The number of carbonyl (C=O) groups excluding carboxylic acids is 1. The average Bonchev–Trinajstić information content (AvgIpc) is 2.16. The summed E-state index contributed by atoms with van der Waals surface area (Å²) in [5.41, 5.74) is 1.22. The highest BCUT2D eigenvalue weighted by molar-refractivity contribution is 5.89. The zero-order valence-corrected chi connectivity index (χ0v) is 10.3. The third-order valence-electron chi connectivity index (χ3n) is 1.90. The molecule has 2 nitrogen and oxygen atoms in total. The molecule has 0 heterocycles. The maximum Gasteiger partial charge on any atom is 0.338 e. The molecule has 1 aromatic rings. The van der Waals surface area contributed by atoms with Crippen molar-refractivity contribution in [3.05, 3.63) is 41.5 Å². The predicted molar refractivity (Wildman–Crippen MR) is 66.3 cm³/mol. The van der Waals surface area contributed by atoms with E-state index in [1.54, 1.807) is 12.1 Å². The van der Waals surface area contributed by atoms with Gasteiger partial charge in [-0.05, 0) is 45.4 Å². The summed E-state index contributed by atoms with van der Waals surface area (Å²) in [6.45, 7) is 7.54. The van der Waals surface area contributed by atoms with Crippen molar-refractivity contribution in [3.63, 3.8) is 0 Å². The summed E-state index contributed by atoms with van der Waals surface area (Å²) in [4.78, 5) is 11.7. The summed E-state index contributed by atoms with van der Waals surface area (Å²) in [7, 11) is 0. The number of esters is 1. The molecule has 0 bridgehead atoms. The van der Waals surface area contributed by atoms with Gasteiger partial charge in [-0.25, -0.2) is 4.79 Å². The van der Waals surface area contributed by atoms with Gasteiger partial charge in [-0.15, -0.1) is 0 Å². The van der Waals surface area contributed by atoms with Crippen LogP contribution in [0.25, 0.3) is 6.08 Å². The van der Waals surface area contributed by atoms with Crippen LogP contribution in [0, 0.1) is 0 Å². The molecule has 16 heavy (non-hydrogen) atoms. The smallest absolute Gasteiger partial charge is 0.338 e. The Morgan fingerprint density at radius 1 is 1.19 bits per heavy atom. The van der Waals surface area contributed by atoms with Crippen LogP contribution in [-0.2, 0) is 4.74 Å². The average molecular weight is 218 g/mol. The zero-order valence-electron chi connectivity index (χ0n) is 10.3. The van der Waals surface area contributed by atoms with E-state index >= 15 is 0 Å². The topological polar surface area (TPSA) is 26.3 Å². The summed E-state index contributed by atoms with van der Waals surface area (Å²) >= 11 is 0. The molecule has 1 aromatic carbocycles. The fourth-order valence-electron chi connectivity index (χ4n) is 1.26. The van der Waals surface area contributed by atoms with Crippen LogP contribution >= 0.6 is 0 Å². The number of carbonyl (C=O) groups is 1. The summed E-state index contributed by atoms with van der Waals surface area (Å²) in [5, 5.41) is 0. The largest absolute Gasteiger partial charge is 0.456 e. The first-order valence-corrected chi connectivity index (χ1v) is 5.38. The van der Waals surface area contributed by atoms with E-state index in [1.165, 1.54) is 0 Å². The number of hydrogen-bond acceptors (Lipinski definition) is 2. The Hall–Kier alpha value is -1.57. The molecule has 2 heteroatoms. The molecule has 0 amide bonds. The van der Waals surface area contributed by atoms with Crippen LogP contribution in [0.4, 0.5) is 0 Å². The van der Waals surface area contributed by atoms with Gasteiger partial charge in [0.1, 0.15) is 5.60 Å². The second-order valence-corrected chi connectivity index (χ2v) is 4.62. The van der Waals surface area contributed by atoms with Gasteiger partial charge in [-0.1, -0.05) is 24.3 Å². The lowest BCUT2D eigenvalue weighted by Crippen LogP contribution is -2.23. The number of ether oxygens (including phenoxy) is 1. The third kappa shape index (κ3) is 3.89. The minimum atomic E-state index is -0.445. The molecule has 0 aromatic heterocycles. The maximum atomic E-state index is 11.7. The van der Waals surface area contributed by atoms with E-state index in [0.29, 0.717) is 5.56 Å². The third-order valence-corrected chi connectivity index (χ3v) is 1.90. The minimum Gasteiger partial charge on any atom is -0.456 e. The van der Waals surface area contributed by atoms with Gasteiger partial charge < -0.3 is 4.74 Å². The number of benzene rings is 1. The Bertz CT molecular complexity index is 380. The van der Waals surface area contributed by atoms with E-state index in [9.17, 15) is 4.79 Å². The quantitative estimate of drug-likeness (QED) is 0.708. The van der Waals surface area contributed by atoms with Crippen molar-refractivity contribution in [3.8, 4) is 0 Å². The van der Waals surface area contributed by atoms with E-state index in [-0.39, 0.29) is 5.97 Å². The van der Waals surface area contributed by atoms with E-state index in [0.717, 1.165) is 5.56 Å². The lowest BCUT2D eigenvalue weighted by Gasteiger charge is -2.19. The SMILES string of the molecule is C/C=C/c1ccc(C(=O)OC(C)(C)C)cc1.